The van der Waals surface area contributed by atoms with Crippen LogP contribution in [0.5, 0.6) is 0 Å². The molecule has 0 saturated carbocycles. The molecular formula is C17H26N4O4S. The van der Waals surface area contributed by atoms with Gasteiger partial charge in [-0.3, -0.25) is 9.78 Å². The van der Waals surface area contributed by atoms with Gasteiger partial charge in [0.1, 0.15) is 6.04 Å². The third kappa shape index (κ3) is 6.62. The average molecular weight is 382 g/mol. The van der Waals surface area contributed by atoms with Gasteiger partial charge in [0.2, 0.25) is 5.91 Å². The predicted molar refractivity (Wildman–Crippen MR) is 98.1 cm³/mol. The van der Waals surface area contributed by atoms with Gasteiger partial charge in [-0.1, -0.05) is 19.9 Å². The molecule has 1 fully saturated rings. The molecule has 0 radical (unpaired) electrons. The number of carbonyl (C=O) groups is 2. The number of hydrogen-bond donors (Lipinski definition) is 3. The number of nitrogens with zero attached hydrogens (tertiary/aromatic N) is 1. The first-order valence-corrected chi connectivity index (χ1v) is 10.5. The number of carbonyl (C=O) groups excluding carboxylic acids is 2. The quantitative estimate of drug-likeness (QED) is 0.638. The summed E-state index contributed by atoms with van der Waals surface area (Å²) in [6.45, 7) is 4.25. The molecule has 26 heavy (non-hydrogen) atoms. The number of urea groups is 1. The molecule has 0 unspecified atom stereocenters. The Labute approximate surface area is 154 Å². The molecule has 1 aromatic rings. The van der Waals surface area contributed by atoms with Crippen molar-refractivity contribution in [3.05, 3.63) is 30.1 Å². The maximum atomic E-state index is 12.5. The van der Waals surface area contributed by atoms with Gasteiger partial charge >= 0.3 is 6.03 Å². The van der Waals surface area contributed by atoms with Gasteiger partial charge in [-0.2, -0.15) is 0 Å². The Morgan fingerprint density at radius 2 is 2.12 bits per heavy atom. The average Bonchev–Trinajstić information content (AvgIpc) is 2.91. The number of pyridine rings is 1. The summed E-state index contributed by atoms with van der Waals surface area (Å²) in [6, 6.07) is 2.02. The number of aromatic nitrogens is 1. The molecule has 3 N–H and O–H groups in total. The lowest BCUT2D eigenvalue weighted by Crippen LogP contribution is -2.52. The molecule has 8 nitrogen and oxygen atoms in total. The van der Waals surface area contributed by atoms with Crippen LogP contribution in [0.2, 0.25) is 0 Å². The normalized spacial score (nSPS) is 19.7. The third-order valence-corrected chi connectivity index (χ3v) is 5.85. The highest BCUT2D eigenvalue weighted by molar-refractivity contribution is 7.91. The lowest BCUT2D eigenvalue weighted by molar-refractivity contribution is -0.123. The predicted octanol–water partition coefficient (Wildman–Crippen LogP) is 0.599. The first-order valence-electron chi connectivity index (χ1n) is 8.69. The summed E-state index contributed by atoms with van der Waals surface area (Å²) in [4.78, 5) is 28.6. The van der Waals surface area contributed by atoms with Crippen molar-refractivity contribution in [2.75, 3.05) is 11.5 Å². The lowest BCUT2D eigenvalue weighted by Gasteiger charge is -2.21. The molecule has 2 atom stereocenters. The molecule has 0 spiro atoms. The molecule has 0 aliphatic carbocycles. The van der Waals surface area contributed by atoms with Crippen LogP contribution in [-0.4, -0.2) is 48.9 Å². The second kappa shape index (κ2) is 8.98. The Kier molecular flexibility index (Phi) is 6.96. The molecule has 1 aliphatic rings. The Morgan fingerprint density at radius 3 is 2.69 bits per heavy atom. The van der Waals surface area contributed by atoms with Crippen molar-refractivity contribution in [3.8, 4) is 0 Å². The largest absolute Gasteiger partial charge is 0.350 e. The van der Waals surface area contributed by atoms with E-state index in [9.17, 15) is 18.0 Å². The van der Waals surface area contributed by atoms with Crippen LogP contribution < -0.4 is 16.0 Å². The maximum Gasteiger partial charge on any atom is 0.315 e. The second-order valence-corrected chi connectivity index (χ2v) is 9.21. The monoisotopic (exact) mass is 382 g/mol. The van der Waals surface area contributed by atoms with Crippen molar-refractivity contribution in [2.45, 2.75) is 45.3 Å². The van der Waals surface area contributed by atoms with Gasteiger partial charge in [0.25, 0.3) is 0 Å². The van der Waals surface area contributed by atoms with Crippen LogP contribution in [0.1, 0.15) is 32.3 Å². The highest BCUT2D eigenvalue weighted by atomic mass is 32.2. The summed E-state index contributed by atoms with van der Waals surface area (Å²) in [5.74, 6) is -0.0467. The van der Waals surface area contributed by atoms with Crippen molar-refractivity contribution in [2.24, 2.45) is 5.92 Å². The maximum absolute atomic E-state index is 12.5. The van der Waals surface area contributed by atoms with E-state index in [0.29, 0.717) is 19.4 Å². The van der Waals surface area contributed by atoms with Gasteiger partial charge in [-0.15, -0.1) is 0 Å². The summed E-state index contributed by atoms with van der Waals surface area (Å²) in [7, 11) is -3.07. The Morgan fingerprint density at radius 1 is 1.35 bits per heavy atom. The highest BCUT2D eigenvalue weighted by Gasteiger charge is 2.30. The van der Waals surface area contributed by atoms with Crippen molar-refractivity contribution in [3.63, 3.8) is 0 Å². The standard InChI is InChI=1S/C17H26N4O4S/c1-12(2)8-15(16(22)19-10-13-4-3-6-18-9-13)21-17(23)20-14-5-7-26(24,25)11-14/h3-4,6,9,12,14-15H,5,7-8,10-11H2,1-2H3,(H,19,22)(H2,20,21,23)/t14-,15-/m0/s1. The molecule has 0 bridgehead atoms. The van der Waals surface area contributed by atoms with Crippen molar-refractivity contribution in [1.82, 2.24) is 20.9 Å². The third-order valence-electron chi connectivity index (χ3n) is 4.09. The van der Waals surface area contributed by atoms with Gasteiger partial charge in [0.15, 0.2) is 9.84 Å². The number of amides is 3. The number of nitrogens with one attached hydrogen (secondary N) is 3. The van der Waals surface area contributed by atoms with E-state index < -0.39 is 28.0 Å². The zero-order chi connectivity index (χ0) is 19.2. The van der Waals surface area contributed by atoms with E-state index >= 15 is 0 Å². The SMILES string of the molecule is CC(C)C[C@H](NC(=O)N[C@H]1CCS(=O)(=O)C1)C(=O)NCc1cccnc1. The first-order chi connectivity index (χ1) is 12.2. The molecule has 2 heterocycles. The van der Waals surface area contributed by atoms with Gasteiger partial charge in [-0.05, 0) is 30.4 Å². The van der Waals surface area contributed by atoms with Gasteiger partial charge in [0, 0.05) is 25.0 Å². The minimum atomic E-state index is -3.07. The van der Waals surface area contributed by atoms with Crippen molar-refractivity contribution >= 4 is 21.8 Å². The molecule has 144 valence electrons. The summed E-state index contributed by atoms with van der Waals surface area (Å²) in [5, 5.41) is 8.11. The zero-order valence-electron chi connectivity index (χ0n) is 15.1. The van der Waals surface area contributed by atoms with E-state index in [1.54, 1.807) is 18.5 Å². The van der Waals surface area contributed by atoms with Gasteiger partial charge < -0.3 is 16.0 Å². The lowest BCUT2D eigenvalue weighted by atomic mass is 10.0. The van der Waals surface area contributed by atoms with Gasteiger partial charge in [0.05, 0.1) is 11.5 Å². The summed E-state index contributed by atoms with van der Waals surface area (Å²) in [6.07, 6.45) is 4.20. The second-order valence-electron chi connectivity index (χ2n) is 6.98. The highest BCUT2D eigenvalue weighted by Crippen LogP contribution is 2.11. The van der Waals surface area contributed by atoms with Crippen LogP contribution in [0.4, 0.5) is 4.79 Å². The molecule has 1 aliphatic heterocycles. The summed E-state index contributed by atoms with van der Waals surface area (Å²) >= 11 is 0. The molecule has 1 aromatic heterocycles. The fourth-order valence-corrected chi connectivity index (χ4v) is 4.49. The van der Waals surface area contributed by atoms with Crippen molar-refractivity contribution < 1.29 is 18.0 Å². The minimum absolute atomic E-state index is 0.0531. The van der Waals surface area contributed by atoms with E-state index in [1.165, 1.54) is 0 Å². The number of sulfone groups is 1. The Bertz CT molecular complexity index is 722. The van der Waals surface area contributed by atoms with Gasteiger partial charge in [-0.25, -0.2) is 13.2 Å². The van der Waals surface area contributed by atoms with Crippen molar-refractivity contribution in [1.29, 1.82) is 0 Å². The fraction of sp³-hybridized carbons (Fsp3) is 0.588. The number of hydrogen-bond acceptors (Lipinski definition) is 5. The van der Waals surface area contributed by atoms with Crippen LogP contribution in [0.3, 0.4) is 0 Å². The number of rotatable bonds is 7. The molecule has 9 heteroatoms. The van der Waals surface area contributed by atoms with Crippen LogP contribution in [0.25, 0.3) is 0 Å². The molecular weight excluding hydrogens is 356 g/mol. The Balaban J connectivity index is 1.89. The topological polar surface area (TPSA) is 117 Å². The van der Waals surface area contributed by atoms with E-state index in [0.717, 1.165) is 5.56 Å². The van der Waals surface area contributed by atoms with E-state index in [1.807, 2.05) is 19.9 Å². The molecule has 3 amide bonds. The van der Waals surface area contributed by atoms with Crippen LogP contribution >= 0.6 is 0 Å². The first kappa shape index (κ1) is 20.2. The zero-order valence-corrected chi connectivity index (χ0v) is 15.9. The van der Waals surface area contributed by atoms with Crippen LogP contribution in [0, 0.1) is 5.92 Å². The van der Waals surface area contributed by atoms with E-state index in [4.69, 9.17) is 0 Å². The minimum Gasteiger partial charge on any atom is -0.350 e. The molecule has 2 rings (SSSR count). The van der Waals surface area contributed by atoms with Crippen LogP contribution in [-0.2, 0) is 21.2 Å². The molecule has 0 aromatic carbocycles. The van der Waals surface area contributed by atoms with E-state index in [2.05, 4.69) is 20.9 Å². The summed E-state index contributed by atoms with van der Waals surface area (Å²) in [5.41, 5.74) is 0.866. The smallest absolute Gasteiger partial charge is 0.315 e. The van der Waals surface area contributed by atoms with Crippen LogP contribution in [0.15, 0.2) is 24.5 Å². The fourth-order valence-electron chi connectivity index (χ4n) is 2.81. The van der Waals surface area contributed by atoms with E-state index in [-0.39, 0.29) is 23.3 Å². The molecule has 1 saturated heterocycles. The summed E-state index contributed by atoms with van der Waals surface area (Å²) < 4.78 is 23.0. The Hall–Kier alpha value is -2.16.